The van der Waals surface area contributed by atoms with Gasteiger partial charge in [-0.25, -0.2) is 0 Å². The van der Waals surface area contributed by atoms with Crippen LogP contribution in [0.5, 0.6) is 0 Å². The molecule has 0 aliphatic heterocycles. The van der Waals surface area contributed by atoms with Gasteiger partial charge in [-0.05, 0) is 11.4 Å². The van der Waals surface area contributed by atoms with Crippen molar-refractivity contribution in [2.75, 3.05) is 0 Å². The molecule has 1 aromatic heterocycles. The van der Waals surface area contributed by atoms with E-state index in [1.165, 1.54) is 10.1 Å². The lowest BCUT2D eigenvalue weighted by Gasteiger charge is -2.17. The van der Waals surface area contributed by atoms with E-state index >= 15 is 0 Å². The molecule has 0 spiro atoms. The van der Waals surface area contributed by atoms with Crippen molar-refractivity contribution < 1.29 is 0 Å². The third kappa shape index (κ3) is 2.04. The van der Waals surface area contributed by atoms with Crippen LogP contribution in [0.2, 0.25) is 19.6 Å². The van der Waals surface area contributed by atoms with Crippen molar-refractivity contribution in [2.45, 2.75) is 19.6 Å². The van der Waals surface area contributed by atoms with Gasteiger partial charge in [0.2, 0.25) is 0 Å². The van der Waals surface area contributed by atoms with E-state index in [-0.39, 0.29) is 0 Å². The van der Waals surface area contributed by atoms with Crippen LogP contribution in [0, 0.1) is 0 Å². The average Bonchev–Trinajstić information content (AvgIpc) is 2.34. The molecule has 0 radical (unpaired) electrons. The predicted molar refractivity (Wildman–Crippen MR) is 56.7 cm³/mol. The molecule has 0 atom stereocenters. The van der Waals surface area contributed by atoms with Gasteiger partial charge in [0.15, 0.2) is 0 Å². The first-order chi connectivity index (χ1) is 5.02. The lowest BCUT2D eigenvalue weighted by molar-refractivity contribution is 1.76. The second kappa shape index (κ2) is 2.95. The van der Waals surface area contributed by atoms with Crippen molar-refractivity contribution in [1.29, 1.82) is 0 Å². The summed E-state index contributed by atoms with van der Waals surface area (Å²) < 4.78 is 0. The van der Waals surface area contributed by atoms with Gasteiger partial charge in [-0.1, -0.05) is 37.5 Å². The summed E-state index contributed by atoms with van der Waals surface area (Å²) in [5.74, 6) is 0. The molecule has 0 nitrogen and oxygen atoms in total. The number of thiophene rings is 1. The lowest BCUT2D eigenvalue weighted by Crippen LogP contribution is -2.21. The highest BCUT2D eigenvalue weighted by Crippen LogP contribution is 2.26. The first-order valence-electron chi connectivity index (χ1n) is 3.75. The first-order valence-corrected chi connectivity index (χ1v) is 8.13. The largest absolute Gasteiger partial charge is 0.145 e. The monoisotopic (exact) mass is 182 g/mol. The van der Waals surface area contributed by atoms with Crippen LogP contribution in [0.1, 0.15) is 4.88 Å². The average molecular weight is 182 g/mol. The minimum absolute atomic E-state index is 1.15. The second-order valence-electron chi connectivity index (χ2n) is 3.71. The molecule has 0 aromatic carbocycles. The standard InChI is InChI=1S/C9H14SSi/c1-8(11(2,3)4)9-6-5-7-10-9/h5-7H,1H2,2-4H3. The van der Waals surface area contributed by atoms with Crippen molar-refractivity contribution in [1.82, 2.24) is 0 Å². The quantitative estimate of drug-likeness (QED) is 0.613. The molecule has 0 saturated carbocycles. The molecular formula is C9H14SSi. The molecule has 2 heteroatoms. The predicted octanol–water partition coefficient (Wildman–Crippen LogP) is 3.64. The van der Waals surface area contributed by atoms with E-state index < -0.39 is 8.07 Å². The molecule has 11 heavy (non-hydrogen) atoms. The Morgan fingerprint density at radius 1 is 1.45 bits per heavy atom. The second-order valence-corrected chi connectivity index (χ2v) is 9.76. The molecule has 1 aromatic rings. The van der Waals surface area contributed by atoms with Crippen LogP contribution in [-0.2, 0) is 0 Å². The molecular weight excluding hydrogens is 168 g/mol. The van der Waals surface area contributed by atoms with Crippen LogP contribution in [-0.4, -0.2) is 8.07 Å². The van der Waals surface area contributed by atoms with Gasteiger partial charge in [-0.15, -0.1) is 11.3 Å². The van der Waals surface area contributed by atoms with Crippen LogP contribution in [0.15, 0.2) is 24.1 Å². The maximum atomic E-state index is 4.14. The van der Waals surface area contributed by atoms with E-state index in [1.807, 2.05) is 0 Å². The number of rotatable bonds is 2. The Balaban J connectivity index is 2.88. The third-order valence-corrected chi connectivity index (χ3v) is 4.91. The topological polar surface area (TPSA) is 0 Å². The molecule has 0 unspecified atom stereocenters. The molecule has 0 bridgehead atoms. The lowest BCUT2D eigenvalue weighted by atomic mass is 10.5. The van der Waals surface area contributed by atoms with Crippen LogP contribution in [0.25, 0.3) is 5.20 Å². The molecule has 1 heterocycles. The normalized spacial score (nSPS) is 11.5. The van der Waals surface area contributed by atoms with Gasteiger partial charge in [0.1, 0.15) is 0 Å². The zero-order chi connectivity index (χ0) is 8.48. The molecule has 0 fully saturated rings. The van der Waals surface area contributed by atoms with E-state index in [0.717, 1.165) is 0 Å². The van der Waals surface area contributed by atoms with Crippen LogP contribution < -0.4 is 0 Å². The van der Waals surface area contributed by atoms with E-state index in [0.29, 0.717) is 0 Å². The molecule has 0 amide bonds. The van der Waals surface area contributed by atoms with Crippen molar-refractivity contribution >= 4 is 24.6 Å². The maximum Gasteiger partial charge on any atom is 0.0786 e. The summed E-state index contributed by atoms with van der Waals surface area (Å²) >= 11 is 1.79. The minimum Gasteiger partial charge on any atom is -0.145 e. The summed E-state index contributed by atoms with van der Waals surface area (Å²) in [6, 6.07) is 4.25. The van der Waals surface area contributed by atoms with Crippen LogP contribution >= 0.6 is 11.3 Å². The number of hydrogen-bond donors (Lipinski definition) is 0. The fraction of sp³-hybridized carbons (Fsp3) is 0.333. The van der Waals surface area contributed by atoms with E-state index in [1.54, 1.807) is 11.3 Å². The van der Waals surface area contributed by atoms with Gasteiger partial charge in [0.05, 0.1) is 8.07 Å². The Morgan fingerprint density at radius 3 is 2.45 bits per heavy atom. The highest BCUT2D eigenvalue weighted by Gasteiger charge is 2.19. The van der Waals surface area contributed by atoms with Crippen molar-refractivity contribution in [3.05, 3.63) is 29.0 Å². The van der Waals surface area contributed by atoms with Gasteiger partial charge in [0.25, 0.3) is 0 Å². The highest BCUT2D eigenvalue weighted by atomic mass is 32.1. The van der Waals surface area contributed by atoms with Crippen LogP contribution in [0.3, 0.4) is 0 Å². The summed E-state index contributed by atoms with van der Waals surface area (Å²) in [5, 5.41) is 3.48. The third-order valence-electron chi connectivity index (χ3n) is 1.72. The van der Waals surface area contributed by atoms with E-state index in [9.17, 15) is 0 Å². The van der Waals surface area contributed by atoms with Gasteiger partial charge in [-0.2, -0.15) is 0 Å². The summed E-state index contributed by atoms with van der Waals surface area (Å²) in [4.78, 5) is 1.36. The van der Waals surface area contributed by atoms with Gasteiger partial charge in [0, 0.05) is 4.88 Å². The molecule has 0 aliphatic carbocycles. The first kappa shape index (κ1) is 8.75. The van der Waals surface area contributed by atoms with Gasteiger partial charge < -0.3 is 0 Å². The van der Waals surface area contributed by atoms with Crippen molar-refractivity contribution in [2.24, 2.45) is 0 Å². The Labute approximate surface area is 73.6 Å². The Bertz CT molecular complexity index is 241. The highest BCUT2D eigenvalue weighted by molar-refractivity contribution is 7.14. The fourth-order valence-electron chi connectivity index (χ4n) is 0.820. The number of hydrogen-bond acceptors (Lipinski definition) is 1. The van der Waals surface area contributed by atoms with Gasteiger partial charge in [-0.3, -0.25) is 0 Å². The minimum atomic E-state index is -1.15. The summed E-state index contributed by atoms with van der Waals surface area (Å²) in [6.45, 7) is 11.1. The molecule has 0 aliphatic rings. The Kier molecular flexibility index (Phi) is 2.35. The SMILES string of the molecule is C=C(c1cccs1)[Si](C)(C)C. The van der Waals surface area contributed by atoms with Gasteiger partial charge >= 0.3 is 0 Å². The molecule has 0 N–H and O–H groups in total. The smallest absolute Gasteiger partial charge is 0.0786 e. The van der Waals surface area contributed by atoms with Crippen molar-refractivity contribution in [3.63, 3.8) is 0 Å². The summed E-state index contributed by atoms with van der Waals surface area (Å²) in [7, 11) is -1.15. The Morgan fingerprint density at radius 2 is 2.09 bits per heavy atom. The zero-order valence-electron chi connectivity index (χ0n) is 7.35. The maximum absolute atomic E-state index is 4.14. The van der Waals surface area contributed by atoms with Crippen molar-refractivity contribution in [3.8, 4) is 0 Å². The molecule has 60 valence electrons. The fourth-order valence-corrected chi connectivity index (χ4v) is 3.34. The Hall–Kier alpha value is -0.343. The van der Waals surface area contributed by atoms with E-state index in [4.69, 9.17) is 0 Å². The zero-order valence-corrected chi connectivity index (χ0v) is 9.16. The molecule has 1 rings (SSSR count). The summed E-state index contributed by atoms with van der Waals surface area (Å²) in [6.07, 6.45) is 0. The molecule has 0 saturated heterocycles. The van der Waals surface area contributed by atoms with E-state index in [2.05, 4.69) is 43.7 Å². The van der Waals surface area contributed by atoms with Crippen LogP contribution in [0.4, 0.5) is 0 Å². The summed E-state index contributed by atoms with van der Waals surface area (Å²) in [5.41, 5.74) is 0.